The zero-order chi connectivity index (χ0) is 13.0. The molecular weight excluding hydrogens is 296 g/mol. The summed E-state index contributed by atoms with van der Waals surface area (Å²) in [6.45, 7) is 2.66. The van der Waals surface area contributed by atoms with Gasteiger partial charge in [0.15, 0.2) is 0 Å². The summed E-state index contributed by atoms with van der Waals surface area (Å²) in [6, 6.07) is 5.99. The lowest BCUT2D eigenvalue weighted by Gasteiger charge is -2.67. The van der Waals surface area contributed by atoms with E-state index >= 15 is 0 Å². The van der Waals surface area contributed by atoms with Gasteiger partial charge >= 0.3 is 5.97 Å². The van der Waals surface area contributed by atoms with Crippen LogP contribution in [0.1, 0.15) is 24.8 Å². The number of hydrogen-bond donors (Lipinski definition) is 1. The molecule has 18 heavy (non-hydrogen) atoms. The lowest BCUT2D eigenvalue weighted by atomic mass is 9.35. The molecule has 0 spiro atoms. The second-order valence-corrected chi connectivity index (χ2v) is 6.78. The van der Waals surface area contributed by atoms with Gasteiger partial charge in [-0.2, -0.15) is 0 Å². The Morgan fingerprint density at radius 3 is 2.61 bits per heavy atom. The van der Waals surface area contributed by atoms with Crippen LogP contribution in [0.4, 0.5) is 0 Å². The number of carboxylic acid groups (broad SMARTS) is 1. The minimum absolute atomic E-state index is 0.134. The van der Waals surface area contributed by atoms with Crippen molar-refractivity contribution in [3.63, 3.8) is 0 Å². The van der Waals surface area contributed by atoms with Gasteiger partial charge in [0.1, 0.15) is 5.75 Å². The predicted molar refractivity (Wildman–Crippen MR) is 70.7 cm³/mol. The second kappa shape index (κ2) is 3.73. The Morgan fingerprint density at radius 1 is 1.39 bits per heavy atom. The van der Waals surface area contributed by atoms with E-state index in [4.69, 9.17) is 9.84 Å². The fourth-order valence-corrected chi connectivity index (χ4v) is 3.99. The monoisotopic (exact) mass is 310 g/mol. The maximum Gasteiger partial charge on any atom is 0.309 e. The Labute approximate surface area is 114 Å². The Kier molecular flexibility index (Phi) is 2.49. The highest BCUT2D eigenvalue weighted by atomic mass is 79.9. The number of aliphatic carboxylic acids is 1. The number of carbonyl (C=O) groups is 1. The fourth-order valence-electron chi connectivity index (χ4n) is 3.40. The highest BCUT2D eigenvalue weighted by Gasteiger charge is 2.72. The van der Waals surface area contributed by atoms with Crippen molar-refractivity contribution >= 4 is 21.9 Å². The van der Waals surface area contributed by atoms with Gasteiger partial charge in [-0.05, 0) is 49.9 Å². The normalized spacial score (nSPS) is 32.3. The number of halogens is 1. The second-order valence-electron chi connectivity index (χ2n) is 5.87. The summed E-state index contributed by atoms with van der Waals surface area (Å²) in [5, 5.41) is 9.06. The molecule has 0 amide bonds. The van der Waals surface area contributed by atoms with Crippen molar-refractivity contribution in [1.82, 2.24) is 0 Å². The lowest BCUT2D eigenvalue weighted by Crippen LogP contribution is -2.67. The molecule has 1 aromatic carbocycles. The molecule has 1 aromatic rings. The topological polar surface area (TPSA) is 46.5 Å². The minimum Gasteiger partial charge on any atom is -0.493 e. The molecule has 0 unspecified atom stereocenters. The van der Waals surface area contributed by atoms with Crippen LogP contribution in [0.15, 0.2) is 22.7 Å². The molecule has 3 fully saturated rings. The van der Waals surface area contributed by atoms with Gasteiger partial charge in [0.05, 0.1) is 12.0 Å². The van der Waals surface area contributed by atoms with Crippen molar-refractivity contribution in [2.75, 3.05) is 6.61 Å². The van der Waals surface area contributed by atoms with Crippen LogP contribution in [-0.2, 0) is 4.79 Å². The van der Waals surface area contributed by atoms with E-state index in [0.717, 1.165) is 35.0 Å². The van der Waals surface area contributed by atoms with E-state index in [1.807, 2.05) is 25.1 Å². The molecule has 0 aliphatic heterocycles. The van der Waals surface area contributed by atoms with Gasteiger partial charge in [-0.15, -0.1) is 0 Å². The van der Waals surface area contributed by atoms with Gasteiger partial charge in [0, 0.05) is 9.89 Å². The molecule has 2 bridgehead atoms. The molecule has 4 rings (SSSR count). The Morgan fingerprint density at radius 2 is 2.06 bits per heavy atom. The summed E-state index contributed by atoms with van der Waals surface area (Å²) in [7, 11) is 0. The average Bonchev–Trinajstić information content (AvgIpc) is 2.10. The molecule has 0 aromatic heterocycles. The summed E-state index contributed by atoms with van der Waals surface area (Å²) < 4.78 is 6.83. The molecule has 0 atom stereocenters. The third-order valence-corrected chi connectivity index (χ3v) is 4.61. The van der Waals surface area contributed by atoms with E-state index in [0.29, 0.717) is 6.61 Å². The van der Waals surface area contributed by atoms with Crippen LogP contribution in [0, 0.1) is 17.8 Å². The summed E-state index contributed by atoms with van der Waals surface area (Å²) in [5.74, 6) is 0.221. The number of aryl methyl sites for hydroxylation is 1. The first-order chi connectivity index (χ1) is 8.43. The molecule has 0 heterocycles. The van der Waals surface area contributed by atoms with Crippen LogP contribution < -0.4 is 4.74 Å². The number of benzene rings is 1. The van der Waals surface area contributed by atoms with Crippen LogP contribution in [0.5, 0.6) is 5.75 Å². The number of rotatable bonds is 4. The minimum atomic E-state index is -0.636. The van der Waals surface area contributed by atoms with E-state index < -0.39 is 11.4 Å². The molecule has 0 saturated heterocycles. The van der Waals surface area contributed by atoms with Crippen molar-refractivity contribution in [3.05, 3.63) is 28.2 Å². The number of hydrogen-bond acceptors (Lipinski definition) is 2. The molecular formula is C14H15BrO3. The third kappa shape index (κ3) is 1.74. The molecule has 3 aliphatic carbocycles. The van der Waals surface area contributed by atoms with E-state index in [2.05, 4.69) is 15.9 Å². The largest absolute Gasteiger partial charge is 0.493 e. The Bertz CT molecular complexity index is 484. The summed E-state index contributed by atoms with van der Waals surface area (Å²) in [5.41, 5.74) is 0.879. The molecule has 4 heteroatoms. The van der Waals surface area contributed by atoms with Gasteiger partial charge in [-0.3, -0.25) is 4.79 Å². The van der Waals surface area contributed by atoms with Gasteiger partial charge in [-0.25, -0.2) is 0 Å². The maximum absolute atomic E-state index is 11.0. The summed E-state index contributed by atoms with van der Waals surface area (Å²) in [6.07, 6.45) is 2.34. The Hall–Kier alpha value is -1.03. The zero-order valence-electron chi connectivity index (χ0n) is 10.2. The van der Waals surface area contributed by atoms with Crippen LogP contribution in [0.2, 0.25) is 0 Å². The number of ether oxygens (including phenoxy) is 1. The van der Waals surface area contributed by atoms with E-state index in [1.165, 1.54) is 0 Å². The van der Waals surface area contributed by atoms with Crippen molar-refractivity contribution in [3.8, 4) is 5.75 Å². The highest BCUT2D eigenvalue weighted by molar-refractivity contribution is 9.10. The number of carboxylic acids is 1. The van der Waals surface area contributed by atoms with Crippen LogP contribution >= 0.6 is 15.9 Å². The zero-order valence-corrected chi connectivity index (χ0v) is 11.8. The van der Waals surface area contributed by atoms with E-state index in [9.17, 15) is 4.79 Å². The average molecular weight is 311 g/mol. The van der Waals surface area contributed by atoms with Crippen LogP contribution in [0.25, 0.3) is 0 Å². The quantitative estimate of drug-likeness (QED) is 0.927. The first-order valence-electron chi connectivity index (χ1n) is 6.07. The van der Waals surface area contributed by atoms with E-state index in [1.54, 1.807) is 0 Å². The standard InChI is InChI=1S/C14H15BrO3/c1-9-2-10(15)4-11(3-9)18-8-13-5-14(6-13,7-13)12(16)17/h2-4H,5-8H2,1H3,(H,16,17). The third-order valence-electron chi connectivity index (χ3n) is 4.15. The molecule has 1 N–H and O–H groups in total. The summed E-state index contributed by atoms with van der Waals surface area (Å²) in [4.78, 5) is 11.0. The van der Waals surface area contributed by atoms with Gasteiger partial charge in [0.2, 0.25) is 0 Å². The van der Waals surface area contributed by atoms with Crippen LogP contribution in [0.3, 0.4) is 0 Å². The van der Waals surface area contributed by atoms with Gasteiger partial charge < -0.3 is 9.84 Å². The van der Waals surface area contributed by atoms with Crippen molar-refractivity contribution in [2.45, 2.75) is 26.2 Å². The van der Waals surface area contributed by atoms with E-state index in [-0.39, 0.29) is 5.41 Å². The van der Waals surface area contributed by atoms with Gasteiger partial charge in [-0.1, -0.05) is 15.9 Å². The van der Waals surface area contributed by atoms with Crippen molar-refractivity contribution in [2.24, 2.45) is 10.8 Å². The first kappa shape index (κ1) is 12.0. The molecule has 3 nitrogen and oxygen atoms in total. The lowest BCUT2D eigenvalue weighted by molar-refractivity contribution is -0.231. The molecule has 0 radical (unpaired) electrons. The molecule has 96 valence electrons. The maximum atomic E-state index is 11.0. The first-order valence-corrected chi connectivity index (χ1v) is 6.86. The SMILES string of the molecule is Cc1cc(Br)cc(OCC23CC(C(=O)O)(C2)C3)c1. The highest BCUT2D eigenvalue weighted by Crippen LogP contribution is 2.73. The van der Waals surface area contributed by atoms with Crippen molar-refractivity contribution in [1.29, 1.82) is 0 Å². The van der Waals surface area contributed by atoms with Crippen LogP contribution in [-0.4, -0.2) is 17.7 Å². The molecule has 3 saturated carbocycles. The molecule has 3 aliphatic rings. The summed E-state index contributed by atoms with van der Waals surface area (Å²) >= 11 is 3.44. The van der Waals surface area contributed by atoms with Gasteiger partial charge in [0.25, 0.3) is 0 Å². The Balaban J connectivity index is 1.59. The van der Waals surface area contributed by atoms with Crippen molar-refractivity contribution < 1.29 is 14.6 Å². The predicted octanol–water partition coefficient (Wildman–Crippen LogP) is 3.39. The smallest absolute Gasteiger partial charge is 0.309 e. The fraction of sp³-hybridized carbons (Fsp3) is 0.500.